The van der Waals surface area contributed by atoms with Gasteiger partial charge in [-0.1, -0.05) is 124 Å². The number of benzene rings is 1. The van der Waals surface area contributed by atoms with Crippen LogP contribution in [0.1, 0.15) is 97.5 Å². The Balaban J connectivity index is 1.69. The third-order valence-corrected chi connectivity index (χ3v) is 14.4. The van der Waals surface area contributed by atoms with Crippen LogP contribution in [-0.4, -0.2) is 89.2 Å². The molecule has 0 saturated carbocycles. The lowest BCUT2D eigenvalue weighted by atomic mass is 9.79. The van der Waals surface area contributed by atoms with Gasteiger partial charge in [0, 0.05) is 40.3 Å². The van der Waals surface area contributed by atoms with E-state index in [1.165, 1.54) is 44.6 Å². The topological polar surface area (TPSA) is 145 Å². The van der Waals surface area contributed by atoms with E-state index in [9.17, 15) is 33.0 Å². The number of nitrogens with zero attached hydrogens (tertiary/aromatic N) is 2. The van der Waals surface area contributed by atoms with Gasteiger partial charge in [0.05, 0.1) is 37.1 Å². The number of methoxy groups -OCH3 is 2. The van der Waals surface area contributed by atoms with Crippen molar-refractivity contribution in [3.8, 4) is 0 Å². The Morgan fingerprint density at radius 1 is 1.10 bits per heavy atom. The highest BCUT2D eigenvalue weighted by Crippen LogP contribution is 2.52. The van der Waals surface area contributed by atoms with Crippen molar-refractivity contribution in [2.24, 2.45) is 45.7 Å². The maximum absolute atomic E-state index is 14.0. The van der Waals surface area contributed by atoms with Crippen molar-refractivity contribution < 1.29 is 56.7 Å². The number of carbonyl (C=O) groups excluding carboxylic acids is 2. The second kappa shape index (κ2) is 22.7. The molecule has 0 amide bonds. The van der Waals surface area contributed by atoms with E-state index in [2.05, 4.69) is 45.8 Å². The van der Waals surface area contributed by atoms with Gasteiger partial charge in [-0.2, -0.15) is 13.2 Å². The summed E-state index contributed by atoms with van der Waals surface area (Å²) in [5.41, 5.74) is -1.30. The summed E-state index contributed by atoms with van der Waals surface area (Å²) < 4.78 is 71.7. The van der Waals surface area contributed by atoms with Gasteiger partial charge in [-0.15, -0.1) is 10.2 Å². The van der Waals surface area contributed by atoms with Crippen molar-refractivity contribution in [3.63, 3.8) is 0 Å². The molecule has 0 radical (unpaired) electrons. The third-order valence-electron chi connectivity index (χ3n) is 12.8. The molecule has 1 aromatic carbocycles. The lowest BCUT2D eigenvalue weighted by molar-refractivity contribution is -0.166. The molecular weight excluding hydrogens is 932 g/mol. The maximum Gasteiger partial charge on any atom is 0.442 e. The van der Waals surface area contributed by atoms with Crippen LogP contribution in [0.15, 0.2) is 93.9 Å². The zero-order chi connectivity index (χ0) is 47.0. The second-order valence-electron chi connectivity index (χ2n) is 17.5. The molecule has 350 valence electrons. The minimum atomic E-state index is -4.71. The van der Waals surface area contributed by atoms with Crippen LogP contribution >= 0.6 is 22.6 Å². The maximum atomic E-state index is 14.0. The molecule has 1 saturated heterocycles. The number of esters is 2. The first-order chi connectivity index (χ1) is 29.6. The lowest BCUT2D eigenvalue weighted by Gasteiger charge is -2.42. The van der Waals surface area contributed by atoms with Crippen LogP contribution in [0.2, 0.25) is 0 Å². The van der Waals surface area contributed by atoms with Gasteiger partial charge in [0.15, 0.2) is 0 Å². The molecule has 3 aliphatic heterocycles. The van der Waals surface area contributed by atoms with E-state index in [0.29, 0.717) is 28.3 Å². The SMILES string of the molecule is C/C=C/[C@H]1O[C@@H]([C@@H](C)[C@H](O)[C@H](C)[C@H]2OC(=O)/C(OC)=C/C(C)=C/[C@@H](C)[C@@H](O)[C@@H](CC)[C@@H](OC(=O)c3ccc(C4(C(F)(F)F)N=N4)cc3)[C@H](C)C/C(C)=C/C=C/[C@@H]2OC)C[C@@H](I)[C@@H]1C. The largest absolute Gasteiger partial charge is 0.490 e. The lowest BCUT2D eigenvalue weighted by Crippen LogP contribution is -2.49. The van der Waals surface area contributed by atoms with E-state index < -0.39 is 72.1 Å². The minimum absolute atomic E-state index is 0.0395. The fourth-order valence-electron chi connectivity index (χ4n) is 8.79. The van der Waals surface area contributed by atoms with Crippen molar-refractivity contribution in [3.05, 3.63) is 94.8 Å². The van der Waals surface area contributed by atoms with Crippen molar-refractivity contribution in [1.29, 1.82) is 0 Å². The van der Waals surface area contributed by atoms with Gasteiger partial charge in [-0.25, -0.2) is 9.59 Å². The Kier molecular flexibility index (Phi) is 18.8. The number of ether oxygens (including phenoxy) is 5. The first kappa shape index (κ1) is 52.2. The Hall–Kier alpha value is -3.38. The summed E-state index contributed by atoms with van der Waals surface area (Å²) in [6, 6.07) is 4.86. The summed E-state index contributed by atoms with van der Waals surface area (Å²) >= 11 is 2.46. The third kappa shape index (κ3) is 12.7. The molecule has 2 N–H and O–H groups in total. The molecule has 1 aromatic rings. The van der Waals surface area contributed by atoms with Crippen LogP contribution in [0.5, 0.6) is 0 Å². The van der Waals surface area contributed by atoms with Gasteiger partial charge in [0.25, 0.3) is 0 Å². The second-order valence-corrected chi connectivity index (χ2v) is 19.1. The number of carbonyl (C=O) groups is 2. The Bertz CT molecular complexity index is 1890. The van der Waals surface area contributed by atoms with Gasteiger partial charge in [0.2, 0.25) is 5.76 Å². The first-order valence-corrected chi connectivity index (χ1v) is 23.0. The Morgan fingerprint density at radius 2 is 1.75 bits per heavy atom. The highest BCUT2D eigenvalue weighted by Gasteiger charge is 2.65. The molecule has 15 heteroatoms. The van der Waals surface area contributed by atoms with E-state index >= 15 is 0 Å². The van der Waals surface area contributed by atoms with E-state index in [4.69, 9.17) is 23.7 Å². The van der Waals surface area contributed by atoms with Crippen LogP contribution in [0, 0.1) is 35.5 Å². The van der Waals surface area contributed by atoms with Crippen molar-refractivity contribution in [1.82, 2.24) is 0 Å². The number of rotatable bonds is 11. The molecule has 0 aromatic heterocycles. The molecule has 4 rings (SSSR count). The highest BCUT2D eigenvalue weighted by atomic mass is 127. The molecule has 0 aliphatic carbocycles. The van der Waals surface area contributed by atoms with Crippen LogP contribution in [0.4, 0.5) is 13.2 Å². The standard InChI is InChI=1S/C48H66F3IN2O9/c1-12-15-37-30(7)36(52)25-39(61-37)31(8)42(56)32(9)44-38(59-10)17-14-16-26(3)22-29(6)43(35(13-2)41(55)28(5)23-27(4)24-40(60-11)46(58)63-44)62-45(57)33-18-20-34(21-19-33)47(53-54-47)48(49,50)51/h12,14-21,23-24,28-32,35-39,41-44,55-56H,13,22,25H2,1-11H3/b15-12+,17-14+,26-16+,27-23+,40-24-/t28-,29-,30+,31-,32+,35-,36-,37-,38+,39-,41-,42+,43+,44-/m1/s1. The monoisotopic (exact) mass is 998 g/mol. The average Bonchev–Trinajstić information content (AvgIpc) is 4.07. The first-order valence-electron chi connectivity index (χ1n) is 21.8. The number of halogens is 4. The predicted octanol–water partition coefficient (Wildman–Crippen LogP) is 10.2. The van der Waals surface area contributed by atoms with Crippen LogP contribution < -0.4 is 0 Å². The summed E-state index contributed by atoms with van der Waals surface area (Å²) in [6.07, 6.45) is 4.78. The normalized spacial score (nSPS) is 35.5. The molecule has 0 bridgehead atoms. The fraction of sp³-hybridized carbons (Fsp3) is 0.625. The summed E-state index contributed by atoms with van der Waals surface area (Å²) in [5.74, 6) is -3.66. The van der Waals surface area contributed by atoms with E-state index in [1.54, 1.807) is 25.2 Å². The van der Waals surface area contributed by atoms with Crippen molar-refractivity contribution in [2.75, 3.05) is 14.2 Å². The Labute approximate surface area is 384 Å². The molecule has 11 nitrogen and oxygen atoms in total. The van der Waals surface area contributed by atoms with Crippen molar-refractivity contribution >= 4 is 34.5 Å². The zero-order valence-electron chi connectivity index (χ0n) is 38.2. The predicted molar refractivity (Wildman–Crippen MR) is 243 cm³/mol. The number of hydrogen-bond acceptors (Lipinski definition) is 11. The number of allylic oxidation sites excluding steroid dienone is 6. The van der Waals surface area contributed by atoms with E-state index in [1.807, 2.05) is 60.6 Å². The number of cyclic esters (lactones) is 1. The van der Waals surface area contributed by atoms with E-state index in [0.717, 1.165) is 12.0 Å². The minimum Gasteiger partial charge on any atom is -0.490 e. The molecule has 0 unspecified atom stereocenters. The number of aliphatic hydroxyl groups excluding tert-OH is 2. The van der Waals surface area contributed by atoms with Crippen LogP contribution in [-0.2, 0) is 34.1 Å². The number of alkyl halides is 4. The molecule has 0 spiro atoms. The number of aliphatic hydroxyl groups is 2. The van der Waals surface area contributed by atoms with E-state index in [-0.39, 0.29) is 40.9 Å². The molecule has 63 heavy (non-hydrogen) atoms. The molecule has 1 fully saturated rings. The Morgan fingerprint density at radius 3 is 2.30 bits per heavy atom. The van der Waals surface area contributed by atoms with Crippen LogP contribution in [0.3, 0.4) is 0 Å². The molecular formula is C48H66F3IN2O9. The smallest absolute Gasteiger partial charge is 0.442 e. The molecule has 14 atom stereocenters. The summed E-state index contributed by atoms with van der Waals surface area (Å²) in [7, 11) is 2.86. The van der Waals surface area contributed by atoms with Crippen molar-refractivity contribution in [2.45, 2.75) is 140 Å². The quantitative estimate of drug-likeness (QED) is 0.0958. The number of hydrogen-bond donors (Lipinski definition) is 2. The zero-order valence-corrected chi connectivity index (χ0v) is 40.4. The van der Waals surface area contributed by atoms with Crippen LogP contribution in [0.25, 0.3) is 0 Å². The van der Waals surface area contributed by atoms with Gasteiger partial charge in [-0.05, 0) is 70.1 Å². The van der Waals surface area contributed by atoms with Gasteiger partial charge >= 0.3 is 23.8 Å². The van der Waals surface area contributed by atoms with Gasteiger partial charge in [0.1, 0.15) is 18.3 Å². The van der Waals surface area contributed by atoms with Gasteiger partial charge in [-0.3, -0.25) is 0 Å². The highest BCUT2D eigenvalue weighted by molar-refractivity contribution is 14.1. The molecule has 3 aliphatic rings. The summed E-state index contributed by atoms with van der Waals surface area (Å²) in [4.78, 5) is 27.7. The molecule has 3 heterocycles. The fourth-order valence-corrected chi connectivity index (χ4v) is 9.70. The summed E-state index contributed by atoms with van der Waals surface area (Å²) in [6.45, 7) is 17.2. The average molecular weight is 999 g/mol. The summed E-state index contributed by atoms with van der Waals surface area (Å²) in [5, 5.41) is 30.4. The van der Waals surface area contributed by atoms with Gasteiger partial charge < -0.3 is 33.9 Å².